The average molecular weight is 424 g/mol. The van der Waals surface area contributed by atoms with Gasteiger partial charge in [-0.1, -0.05) is 17.7 Å². The molecule has 0 spiro atoms. The lowest BCUT2D eigenvalue weighted by Crippen LogP contribution is -2.31. The number of hydrogen-bond acceptors (Lipinski definition) is 5. The summed E-state index contributed by atoms with van der Waals surface area (Å²) in [5, 5.41) is 13.6. The van der Waals surface area contributed by atoms with E-state index in [-0.39, 0.29) is 10.7 Å². The number of nitrogens with zero attached hydrogens (tertiary/aromatic N) is 2. The van der Waals surface area contributed by atoms with Crippen molar-refractivity contribution in [2.24, 2.45) is 4.99 Å². The molecular weight excluding hydrogens is 404 g/mol. The van der Waals surface area contributed by atoms with Crippen molar-refractivity contribution >= 4 is 29.2 Å². The van der Waals surface area contributed by atoms with Crippen LogP contribution >= 0.6 is 12.2 Å². The number of aliphatic imine (C=N–C) groups is 1. The van der Waals surface area contributed by atoms with Crippen LogP contribution < -0.4 is 21.3 Å². The van der Waals surface area contributed by atoms with Gasteiger partial charge >= 0.3 is 5.69 Å². The molecule has 8 nitrogen and oxygen atoms in total. The summed E-state index contributed by atoms with van der Waals surface area (Å²) >= 11 is 5.21. The van der Waals surface area contributed by atoms with Crippen LogP contribution in [0.25, 0.3) is 5.69 Å². The van der Waals surface area contributed by atoms with E-state index in [0.717, 1.165) is 27.6 Å². The van der Waals surface area contributed by atoms with E-state index in [0.29, 0.717) is 11.4 Å². The largest absolute Gasteiger partial charge is 0.497 e. The smallest absolute Gasteiger partial charge is 0.335 e. The van der Waals surface area contributed by atoms with E-state index in [9.17, 15) is 14.7 Å². The lowest BCUT2D eigenvalue weighted by atomic mass is 10.1. The van der Waals surface area contributed by atoms with Crippen molar-refractivity contribution < 1.29 is 9.84 Å². The van der Waals surface area contributed by atoms with Gasteiger partial charge in [-0.15, -0.1) is 0 Å². The molecule has 3 aromatic rings. The van der Waals surface area contributed by atoms with Gasteiger partial charge in [0.05, 0.1) is 12.8 Å². The predicted molar refractivity (Wildman–Crippen MR) is 121 cm³/mol. The molecule has 0 saturated carbocycles. The molecule has 1 heterocycles. The highest BCUT2D eigenvalue weighted by Gasteiger charge is 2.14. The fourth-order valence-electron chi connectivity index (χ4n) is 2.85. The second-order valence-electron chi connectivity index (χ2n) is 6.54. The molecule has 0 atom stereocenters. The molecule has 0 unspecified atom stereocenters. The third-order valence-electron chi connectivity index (χ3n) is 4.39. The van der Waals surface area contributed by atoms with Gasteiger partial charge in [-0.2, -0.15) is 0 Å². The monoisotopic (exact) mass is 424 g/mol. The fourth-order valence-corrected chi connectivity index (χ4v) is 3.01. The normalized spacial score (nSPS) is 10.9. The molecule has 9 heteroatoms. The van der Waals surface area contributed by atoms with E-state index in [4.69, 9.17) is 17.0 Å². The third-order valence-corrected chi connectivity index (χ3v) is 4.59. The Balaban J connectivity index is 1.92. The minimum atomic E-state index is -0.782. The molecule has 3 N–H and O–H groups in total. The van der Waals surface area contributed by atoms with Crippen LogP contribution in [0.15, 0.2) is 57.0 Å². The standard InChI is InChI=1S/C21H20N4O4S/c1-12-4-9-17(13(2)10-12)23-20(30)22-11-16-18(26)24-21(28)25(19(16)27)14-5-7-15(29-3)8-6-14/h4-11,27H,1-3H3,(H,23,30)(H,24,26,28). The van der Waals surface area contributed by atoms with E-state index in [1.54, 1.807) is 24.3 Å². The zero-order chi connectivity index (χ0) is 21.8. The Morgan fingerprint density at radius 1 is 1.20 bits per heavy atom. The maximum absolute atomic E-state index is 12.2. The number of nitrogens with one attached hydrogen (secondary N) is 2. The number of hydrogen-bond donors (Lipinski definition) is 3. The molecule has 0 amide bonds. The second kappa shape index (κ2) is 8.75. The maximum atomic E-state index is 12.2. The summed E-state index contributed by atoms with van der Waals surface area (Å²) in [7, 11) is 1.52. The van der Waals surface area contributed by atoms with Gasteiger partial charge in [0.15, 0.2) is 5.11 Å². The Bertz CT molecular complexity index is 1240. The van der Waals surface area contributed by atoms with Gasteiger partial charge in [0.2, 0.25) is 5.88 Å². The van der Waals surface area contributed by atoms with Crippen LogP contribution in [-0.2, 0) is 0 Å². The highest BCUT2D eigenvalue weighted by molar-refractivity contribution is 7.80. The molecular formula is C21H20N4O4S. The van der Waals surface area contributed by atoms with Crippen LogP contribution in [0.4, 0.5) is 5.69 Å². The summed E-state index contributed by atoms with van der Waals surface area (Å²) in [6, 6.07) is 12.2. The van der Waals surface area contributed by atoms with Crippen molar-refractivity contribution in [3.63, 3.8) is 0 Å². The first-order chi connectivity index (χ1) is 14.3. The van der Waals surface area contributed by atoms with Crippen molar-refractivity contribution in [2.45, 2.75) is 13.8 Å². The van der Waals surface area contributed by atoms with Crippen molar-refractivity contribution in [1.29, 1.82) is 0 Å². The zero-order valence-electron chi connectivity index (χ0n) is 16.6. The molecule has 0 saturated heterocycles. The Kier molecular flexibility index (Phi) is 6.12. The van der Waals surface area contributed by atoms with E-state index in [1.807, 2.05) is 32.0 Å². The molecule has 0 aliphatic rings. The highest BCUT2D eigenvalue weighted by atomic mass is 32.1. The molecule has 0 bridgehead atoms. The number of benzene rings is 2. The Morgan fingerprint density at radius 3 is 2.53 bits per heavy atom. The average Bonchev–Trinajstić information content (AvgIpc) is 2.70. The summed E-state index contributed by atoms with van der Waals surface area (Å²) in [6.07, 6.45) is 1.12. The van der Waals surface area contributed by atoms with Gasteiger partial charge in [-0.3, -0.25) is 9.78 Å². The molecule has 0 aliphatic carbocycles. The second-order valence-corrected chi connectivity index (χ2v) is 6.92. The van der Waals surface area contributed by atoms with E-state index in [2.05, 4.69) is 15.3 Å². The number of thiocarbonyl (C=S) groups is 1. The third kappa shape index (κ3) is 4.47. The van der Waals surface area contributed by atoms with Gasteiger partial charge in [0, 0.05) is 11.9 Å². The zero-order valence-corrected chi connectivity index (χ0v) is 17.4. The Hall–Kier alpha value is -3.72. The van der Waals surface area contributed by atoms with E-state index >= 15 is 0 Å². The first kappa shape index (κ1) is 21.0. The Morgan fingerprint density at radius 2 is 1.90 bits per heavy atom. The molecule has 154 valence electrons. The number of anilines is 1. The van der Waals surface area contributed by atoms with Crippen molar-refractivity contribution in [3.8, 4) is 17.3 Å². The SMILES string of the molecule is COc1ccc(-n2c(O)c(C=NC(=S)Nc3ccc(C)cc3C)c(=O)[nH]c2=O)cc1. The van der Waals surface area contributed by atoms with Gasteiger partial charge in [-0.25, -0.2) is 14.4 Å². The van der Waals surface area contributed by atoms with E-state index < -0.39 is 17.1 Å². The lowest BCUT2D eigenvalue weighted by Gasteiger charge is -2.10. The number of methoxy groups -OCH3 is 1. The summed E-state index contributed by atoms with van der Waals surface area (Å²) in [5.74, 6) is 0.0345. The molecule has 30 heavy (non-hydrogen) atoms. The van der Waals surface area contributed by atoms with Crippen LogP contribution in [-0.4, -0.2) is 33.1 Å². The molecule has 1 aromatic heterocycles. The predicted octanol–water partition coefficient (Wildman–Crippen LogP) is 2.67. The van der Waals surface area contributed by atoms with Gasteiger partial charge in [0.25, 0.3) is 5.56 Å². The first-order valence-electron chi connectivity index (χ1n) is 8.95. The minimum absolute atomic E-state index is 0.1000. The number of ether oxygens (including phenoxy) is 1. The summed E-state index contributed by atoms with van der Waals surface area (Å²) in [6.45, 7) is 3.92. The van der Waals surface area contributed by atoms with Crippen molar-refractivity contribution in [3.05, 3.63) is 80.0 Å². The minimum Gasteiger partial charge on any atom is -0.497 e. The van der Waals surface area contributed by atoms with Crippen LogP contribution in [0.2, 0.25) is 0 Å². The van der Waals surface area contributed by atoms with Crippen LogP contribution in [0.5, 0.6) is 11.6 Å². The molecule has 0 radical (unpaired) electrons. The van der Waals surface area contributed by atoms with Gasteiger partial charge < -0.3 is 15.2 Å². The van der Waals surface area contributed by atoms with Gasteiger partial charge in [-0.05, 0) is 62.0 Å². The number of aryl methyl sites for hydroxylation is 2. The number of aromatic amines is 1. The summed E-state index contributed by atoms with van der Waals surface area (Å²) in [4.78, 5) is 30.7. The molecule has 0 fully saturated rings. The summed E-state index contributed by atoms with van der Waals surface area (Å²) < 4.78 is 6.05. The molecule has 2 aromatic carbocycles. The Labute approximate surface area is 177 Å². The summed E-state index contributed by atoms with van der Waals surface area (Å²) in [5.41, 5.74) is 1.47. The van der Waals surface area contributed by atoms with Crippen molar-refractivity contribution in [2.75, 3.05) is 12.4 Å². The van der Waals surface area contributed by atoms with Gasteiger partial charge in [0.1, 0.15) is 11.3 Å². The van der Waals surface area contributed by atoms with E-state index in [1.165, 1.54) is 7.11 Å². The van der Waals surface area contributed by atoms with Crippen LogP contribution in [0, 0.1) is 13.8 Å². The lowest BCUT2D eigenvalue weighted by molar-refractivity contribution is 0.414. The number of aromatic hydroxyl groups is 1. The molecule has 0 aliphatic heterocycles. The number of H-pyrrole nitrogens is 1. The molecule has 3 rings (SSSR count). The quantitative estimate of drug-likeness (QED) is 0.439. The fraction of sp³-hybridized carbons (Fsp3) is 0.143. The first-order valence-corrected chi connectivity index (χ1v) is 9.36. The topological polar surface area (TPSA) is 109 Å². The number of rotatable bonds is 4. The van der Waals surface area contributed by atoms with Crippen LogP contribution in [0.3, 0.4) is 0 Å². The van der Waals surface area contributed by atoms with Crippen LogP contribution in [0.1, 0.15) is 16.7 Å². The highest BCUT2D eigenvalue weighted by Crippen LogP contribution is 2.19. The maximum Gasteiger partial charge on any atom is 0.335 e. The van der Waals surface area contributed by atoms with Crippen molar-refractivity contribution in [1.82, 2.24) is 9.55 Å². The number of aromatic nitrogens is 2.